The van der Waals surface area contributed by atoms with E-state index in [0.717, 1.165) is 24.1 Å². The van der Waals surface area contributed by atoms with Crippen LogP contribution >= 0.6 is 11.6 Å². The predicted octanol–water partition coefficient (Wildman–Crippen LogP) is 2.42. The van der Waals surface area contributed by atoms with Crippen LogP contribution in [0.25, 0.3) is 5.82 Å². The third-order valence-electron chi connectivity index (χ3n) is 5.22. The van der Waals surface area contributed by atoms with Gasteiger partial charge in [-0.05, 0) is 38.7 Å². The molecule has 2 aromatic rings. The molecule has 26 heavy (non-hydrogen) atoms. The fourth-order valence-corrected chi connectivity index (χ4v) is 3.80. The van der Waals surface area contributed by atoms with E-state index in [4.69, 9.17) is 11.6 Å². The Morgan fingerprint density at radius 3 is 3.00 bits per heavy atom. The first-order chi connectivity index (χ1) is 12.3. The van der Waals surface area contributed by atoms with Crippen molar-refractivity contribution < 1.29 is 14.3 Å². The van der Waals surface area contributed by atoms with Crippen molar-refractivity contribution in [2.75, 3.05) is 6.61 Å². The maximum absolute atomic E-state index is 14.2. The van der Waals surface area contributed by atoms with E-state index in [1.165, 1.54) is 13.8 Å². The molecule has 8 heteroatoms. The summed E-state index contributed by atoms with van der Waals surface area (Å²) in [5, 5.41) is 17.0. The third kappa shape index (κ3) is 2.89. The molecular formula is C18H20ClFN4O2. The Morgan fingerprint density at radius 1 is 1.58 bits per heavy atom. The van der Waals surface area contributed by atoms with Gasteiger partial charge in [-0.2, -0.15) is 5.10 Å². The molecule has 2 heterocycles. The van der Waals surface area contributed by atoms with Gasteiger partial charge in [-0.25, -0.2) is 14.1 Å². The Morgan fingerprint density at radius 2 is 2.35 bits per heavy atom. The number of hydrogen-bond acceptors (Lipinski definition) is 4. The lowest BCUT2D eigenvalue weighted by Gasteiger charge is -2.25. The van der Waals surface area contributed by atoms with Gasteiger partial charge in [-0.1, -0.05) is 11.6 Å². The highest BCUT2D eigenvalue weighted by atomic mass is 35.5. The minimum atomic E-state index is -1.74. The van der Waals surface area contributed by atoms with E-state index in [0.29, 0.717) is 22.7 Å². The molecule has 4 rings (SSSR count). The van der Waals surface area contributed by atoms with Crippen LogP contribution in [-0.4, -0.2) is 44.1 Å². The second-order valence-electron chi connectivity index (χ2n) is 7.54. The number of hydrogen-bond donors (Lipinski definition) is 2. The fraction of sp³-hybridized carbons (Fsp3) is 0.500. The summed E-state index contributed by atoms with van der Waals surface area (Å²) in [6.45, 7) is 2.16. The van der Waals surface area contributed by atoms with Gasteiger partial charge in [0.1, 0.15) is 5.67 Å². The van der Waals surface area contributed by atoms with Gasteiger partial charge in [0.2, 0.25) is 0 Å². The zero-order valence-corrected chi connectivity index (χ0v) is 15.3. The first-order valence-corrected chi connectivity index (χ1v) is 9.01. The lowest BCUT2D eigenvalue weighted by molar-refractivity contribution is 0.0720. The van der Waals surface area contributed by atoms with Gasteiger partial charge >= 0.3 is 0 Å². The molecule has 3 atom stereocenters. The van der Waals surface area contributed by atoms with Crippen LogP contribution in [0, 0.1) is 5.92 Å². The fourth-order valence-electron chi connectivity index (χ4n) is 3.64. The number of rotatable bonds is 5. The lowest BCUT2D eigenvalue weighted by Crippen LogP contribution is -2.49. The topological polar surface area (TPSA) is 80.0 Å². The van der Waals surface area contributed by atoms with Crippen LogP contribution in [0.1, 0.15) is 47.9 Å². The molecule has 0 spiro atoms. The number of alkyl halides is 1. The minimum Gasteiger partial charge on any atom is -0.394 e. The number of halogens is 2. The Labute approximate surface area is 155 Å². The van der Waals surface area contributed by atoms with E-state index < -0.39 is 24.2 Å². The van der Waals surface area contributed by atoms with Gasteiger partial charge < -0.3 is 10.4 Å². The Balaban J connectivity index is 1.71. The molecule has 0 aromatic carbocycles. The SMILES string of the molecule is CC(C)(F)[C@@H](CO)NC(=O)c1nn(-c2cc(Cl)ccn2)c2c1C[C@H]1C[C@@H]21. The number of nitrogens with one attached hydrogen (secondary N) is 1. The molecule has 138 valence electrons. The van der Waals surface area contributed by atoms with E-state index in [1.807, 2.05) is 0 Å². The molecular weight excluding hydrogens is 359 g/mol. The molecule has 0 unspecified atom stereocenters. The molecule has 1 fully saturated rings. The third-order valence-corrected chi connectivity index (χ3v) is 5.45. The highest BCUT2D eigenvalue weighted by Gasteiger charge is 2.50. The Hall–Kier alpha value is -1.99. The van der Waals surface area contributed by atoms with Gasteiger partial charge in [0.15, 0.2) is 11.5 Å². The summed E-state index contributed by atoms with van der Waals surface area (Å²) in [5.74, 6) is 0.996. The molecule has 1 amide bonds. The Kier molecular flexibility index (Phi) is 4.04. The van der Waals surface area contributed by atoms with Gasteiger partial charge in [-0.15, -0.1) is 0 Å². The maximum atomic E-state index is 14.2. The molecule has 2 N–H and O–H groups in total. The van der Waals surface area contributed by atoms with Crippen molar-refractivity contribution in [3.05, 3.63) is 40.3 Å². The molecule has 2 aliphatic rings. The molecule has 0 bridgehead atoms. The molecule has 6 nitrogen and oxygen atoms in total. The molecule has 2 aliphatic carbocycles. The highest BCUT2D eigenvalue weighted by molar-refractivity contribution is 6.30. The quantitative estimate of drug-likeness (QED) is 0.837. The van der Waals surface area contributed by atoms with Crippen LogP contribution in [0.2, 0.25) is 5.02 Å². The van der Waals surface area contributed by atoms with Crippen LogP contribution in [0.3, 0.4) is 0 Å². The summed E-state index contributed by atoms with van der Waals surface area (Å²) < 4.78 is 15.8. The number of pyridine rings is 1. The largest absolute Gasteiger partial charge is 0.394 e. The van der Waals surface area contributed by atoms with Crippen molar-refractivity contribution in [2.24, 2.45) is 5.92 Å². The van der Waals surface area contributed by atoms with E-state index in [9.17, 15) is 14.3 Å². The lowest BCUT2D eigenvalue weighted by atomic mass is 10.0. The Bertz CT molecular complexity index is 877. The number of aliphatic hydroxyl groups excluding tert-OH is 1. The first kappa shape index (κ1) is 17.4. The summed E-state index contributed by atoms with van der Waals surface area (Å²) in [6, 6.07) is 2.38. The van der Waals surface area contributed by atoms with E-state index in [2.05, 4.69) is 15.4 Å². The average Bonchev–Trinajstić information content (AvgIpc) is 3.07. The standard InChI is InChI=1S/C18H20ClFN4O2/c1-18(2,20)13(8-25)22-17(26)15-12-6-9-5-11(9)16(12)24(23-15)14-7-10(19)3-4-21-14/h3-4,7,9,11,13,25H,5-6,8H2,1-2H3,(H,22,26)/t9-,11-,13-/m1/s1. The summed E-state index contributed by atoms with van der Waals surface area (Å²) in [5.41, 5.74) is 0.415. The number of carbonyl (C=O) groups is 1. The van der Waals surface area contributed by atoms with Crippen LogP contribution in [-0.2, 0) is 6.42 Å². The smallest absolute Gasteiger partial charge is 0.272 e. The van der Waals surface area contributed by atoms with Crippen molar-refractivity contribution in [1.29, 1.82) is 0 Å². The predicted molar refractivity (Wildman–Crippen MR) is 94.4 cm³/mol. The zero-order chi connectivity index (χ0) is 18.6. The number of carbonyl (C=O) groups excluding carboxylic acids is 1. The zero-order valence-electron chi connectivity index (χ0n) is 14.5. The van der Waals surface area contributed by atoms with Gasteiger partial charge in [0, 0.05) is 28.8 Å². The van der Waals surface area contributed by atoms with Gasteiger partial charge in [-0.3, -0.25) is 4.79 Å². The van der Waals surface area contributed by atoms with Crippen LogP contribution < -0.4 is 5.32 Å². The normalized spacial score (nSPS) is 21.9. The second kappa shape index (κ2) is 6.03. The first-order valence-electron chi connectivity index (χ1n) is 8.64. The number of amides is 1. The van der Waals surface area contributed by atoms with Crippen molar-refractivity contribution >= 4 is 17.5 Å². The van der Waals surface area contributed by atoms with Crippen molar-refractivity contribution in [1.82, 2.24) is 20.1 Å². The van der Waals surface area contributed by atoms with Gasteiger partial charge in [0.05, 0.1) is 18.3 Å². The van der Waals surface area contributed by atoms with Crippen LogP contribution in [0.5, 0.6) is 0 Å². The summed E-state index contributed by atoms with van der Waals surface area (Å²) in [7, 11) is 0. The average molecular weight is 379 g/mol. The minimum absolute atomic E-state index is 0.275. The number of fused-ring (bicyclic) bond motifs is 3. The van der Waals surface area contributed by atoms with Gasteiger partial charge in [0.25, 0.3) is 5.91 Å². The second-order valence-corrected chi connectivity index (χ2v) is 7.97. The number of aromatic nitrogens is 3. The van der Waals surface area contributed by atoms with E-state index in [-0.39, 0.29) is 5.69 Å². The molecule has 0 radical (unpaired) electrons. The molecule has 1 saturated carbocycles. The maximum Gasteiger partial charge on any atom is 0.272 e. The van der Waals surface area contributed by atoms with Crippen LogP contribution in [0.15, 0.2) is 18.3 Å². The van der Waals surface area contributed by atoms with Crippen molar-refractivity contribution in [3.8, 4) is 5.82 Å². The number of nitrogens with zero attached hydrogens (tertiary/aromatic N) is 3. The molecule has 0 saturated heterocycles. The van der Waals surface area contributed by atoms with Crippen LogP contribution in [0.4, 0.5) is 4.39 Å². The summed E-state index contributed by atoms with van der Waals surface area (Å²) in [6.07, 6.45) is 3.46. The van der Waals surface area contributed by atoms with E-state index >= 15 is 0 Å². The monoisotopic (exact) mass is 378 g/mol. The van der Waals surface area contributed by atoms with Crippen molar-refractivity contribution in [2.45, 2.75) is 44.3 Å². The highest BCUT2D eigenvalue weighted by Crippen LogP contribution is 2.57. The van der Waals surface area contributed by atoms with Crippen molar-refractivity contribution in [3.63, 3.8) is 0 Å². The number of aliphatic hydroxyl groups is 1. The molecule has 0 aliphatic heterocycles. The summed E-state index contributed by atoms with van der Waals surface area (Å²) in [4.78, 5) is 17.1. The summed E-state index contributed by atoms with van der Waals surface area (Å²) >= 11 is 6.07. The molecule has 2 aromatic heterocycles. The van der Waals surface area contributed by atoms with E-state index in [1.54, 1.807) is 23.0 Å².